The minimum Gasteiger partial charge on any atom is -0.359 e. The van der Waals surface area contributed by atoms with Crippen LogP contribution in [0.4, 0.5) is 5.69 Å². The molecule has 6 heteroatoms. The zero-order valence-corrected chi connectivity index (χ0v) is 14.1. The number of hydrogen-bond acceptors (Lipinski definition) is 3. The van der Waals surface area contributed by atoms with E-state index in [9.17, 15) is 4.79 Å². The molecule has 25 heavy (non-hydrogen) atoms. The molecule has 1 aliphatic rings. The first-order valence-electron chi connectivity index (χ1n) is 8.88. The van der Waals surface area contributed by atoms with Crippen LogP contribution >= 0.6 is 0 Å². The number of nitrogens with one attached hydrogen (secondary N) is 3. The quantitative estimate of drug-likeness (QED) is 0.575. The summed E-state index contributed by atoms with van der Waals surface area (Å²) in [6, 6.07) is 5.93. The monoisotopic (exact) mass is 337 g/mol. The van der Waals surface area contributed by atoms with Crippen molar-refractivity contribution in [3.05, 3.63) is 36.8 Å². The molecule has 1 aliphatic carbocycles. The van der Waals surface area contributed by atoms with Crippen LogP contribution in [0.2, 0.25) is 0 Å². The fourth-order valence-corrected chi connectivity index (χ4v) is 3.99. The summed E-state index contributed by atoms with van der Waals surface area (Å²) in [6.45, 7) is 0.400. The molecule has 2 heterocycles. The molecular formula is C19H23N5O. The topological polar surface area (TPSA) is 99.6 Å². The number of anilines is 1. The van der Waals surface area contributed by atoms with E-state index in [1.165, 1.54) is 12.8 Å². The number of carbonyl (C=O) groups excluding carboxylic acids is 1. The maximum Gasteiger partial charge on any atom is 0.229 e. The lowest BCUT2D eigenvalue weighted by Crippen LogP contribution is -2.34. The first-order chi connectivity index (χ1) is 12.3. The first kappa shape index (κ1) is 15.9. The number of aromatic amines is 2. The van der Waals surface area contributed by atoms with E-state index < -0.39 is 0 Å². The standard InChI is InChI=1S/C19H23N5O/c20-8-15(12-4-1-2-5-12)19(25)24-17-7-3-6-14-16(11-21-18(14)17)13-9-22-23-10-13/h3,6-7,9-12,15,21H,1-2,4-5,8,20H2,(H,22,23)(H,24,25). The van der Waals surface area contributed by atoms with Crippen LogP contribution in [0.1, 0.15) is 25.7 Å². The smallest absolute Gasteiger partial charge is 0.229 e. The number of para-hydroxylation sites is 1. The third-order valence-corrected chi connectivity index (χ3v) is 5.34. The molecule has 0 bridgehead atoms. The highest BCUT2D eigenvalue weighted by Crippen LogP contribution is 2.34. The van der Waals surface area contributed by atoms with Crippen molar-refractivity contribution in [2.24, 2.45) is 17.6 Å². The highest BCUT2D eigenvalue weighted by molar-refractivity contribution is 6.06. The van der Waals surface area contributed by atoms with Crippen LogP contribution in [0.3, 0.4) is 0 Å². The van der Waals surface area contributed by atoms with Crippen LogP contribution < -0.4 is 11.1 Å². The number of aromatic nitrogens is 3. The van der Waals surface area contributed by atoms with Gasteiger partial charge in [-0.25, -0.2) is 0 Å². The van der Waals surface area contributed by atoms with Gasteiger partial charge >= 0.3 is 0 Å². The van der Waals surface area contributed by atoms with Crippen molar-refractivity contribution in [3.8, 4) is 11.1 Å². The minimum atomic E-state index is -0.110. The Morgan fingerprint density at radius 2 is 2.16 bits per heavy atom. The van der Waals surface area contributed by atoms with E-state index in [4.69, 9.17) is 5.73 Å². The van der Waals surface area contributed by atoms with E-state index in [1.807, 2.05) is 30.6 Å². The van der Waals surface area contributed by atoms with Gasteiger partial charge in [-0.3, -0.25) is 9.89 Å². The average molecular weight is 337 g/mol. The lowest BCUT2D eigenvalue weighted by molar-refractivity contribution is -0.121. The van der Waals surface area contributed by atoms with Gasteiger partial charge in [-0.2, -0.15) is 5.10 Å². The van der Waals surface area contributed by atoms with Gasteiger partial charge in [0, 0.05) is 35.5 Å². The summed E-state index contributed by atoms with van der Waals surface area (Å²) in [5.41, 5.74) is 9.71. The largest absolute Gasteiger partial charge is 0.359 e. The number of carbonyl (C=O) groups is 1. The Hall–Kier alpha value is -2.60. The summed E-state index contributed by atoms with van der Waals surface area (Å²) in [5.74, 6) is 0.330. The predicted molar refractivity (Wildman–Crippen MR) is 99.0 cm³/mol. The van der Waals surface area contributed by atoms with Gasteiger partial charge in [-0.05, 0) is 24.8 Å². The van der Waals surface area contributed by atoms with Crippen molar-refractivity contribution < 1.29 is 4.79 Å². The molecule has 3 aromatic rings. The highest BCUT2D eigenvalue weighted by atomic mass is 16.1. The number of nitrogens with zero attached hydrogens (tertiary/aromatic N) is 1. The van der Waals surface area contributed by atoms with Crippen molar-refractivity contribution >= 4 is 22.5 Å². The third-order valence-electron chi connectivity index (χ3n) is 5.34. The molecule has 0 saturated heterocycles. The Kier molecular flexibility index (Phi) is 4.28. The van der Waals surface area contributed by atoms with E-state index in [0.717, 1.165) is 40.6 Å². The predicted octanol–water partition coefficient (Wildman–Crippen LogP) is 3.26. The van der Waals surface area contributed by atoms with Gasteiger partial charge in [-0.15, -0.1) is 0 Å². The van der Waals surface area contributed by atoms with Crippen LogP contribution in [0, 0.1) is 11.8 Å². The maximum absolute atomic E-state index is 12.8. The van der Waals surface area contributed by atoms with Crippen LogP contribution in [0.25, 0.3) is 22.0 Å². The van der Waals surface area contributed by atoms with Gasteiger partial charge in [0.25, 0.3) is 0 Å². The molecule has 0 radical (unpaired) electrons. The summed E-state index contributed by atoms with van der Waals surface area (Å²) in [6.07, 6.45) is 10.2. The minimum absolute atomic E-state index is 0.0290. The number of amides is 1. The molecule has 1 aromatic carbocycles. The molecular weight excluding hydrogens is 314 g/mol. The van der Waals surface area contributed by atoms with Crippen molar-refractivity contribution in [1.29, 1.82) is 0 Å². The number of fused-ring (bicyclic) bond motifs is 1. The van der Waals surface area contributed by atoms with Gasteiger partial charge in [0.15, 0.2) is 0 Å². The Labute approximate surface area is 146 Å². The number of nitrogens with two attached hydrogens (primary N) is 1. The highest BCUT2D eigenvalue weighted by Gasteiger charge is 2.29. The lowest BCUT2D eigenvalue weighted by Gasteiger charge is -2.21. The Morgan fingerprint density at radius 3 is 2.88 bits per heavy atom. The van der Waals surface area contributed by atoms with Crippen LogP contribution in [0.15, 0.2) is 36.8 Å². The third kappa shape index (κ3) is 2.93. The summed E-state index contributed by atoms with van der Waals surface area (Å²) >= 11 is 0. The van der Waals surface area contributed by atoms with Gasteiger partial charge in [-0.1, -0.05) is 25.0 Å². The van der Waals surface area contributed by atoms with Gasteiger partial charge < -0.3 is 16.0 Å². The van der Waals surface area contributed by atoms with Crippen molar-refractivity contribution in [2.75, 3.05) is 11.9 Å². The first-order valence-corrected chi connectivity index (χ1v) is 8.88. The van der Waals surface area contributed by atoms with E-state index in [-0.39, 0.29) is 11.8 Å². The van der Waals surface area contributed by atoms with Gasteiger partial charge in [0.2, 0.25) is 5.91 Å². The van der Waals surface area contributed by atoms with Crippen LogP contribution in [-0.2, 0) is 4.79 Å². The summed E-state index contributed by atoms with van der Waals surface area (Å²) < 4.78 is 0. The molecule has 1 unspecified atom stereocenters. The van der Waals surface area contributed by atoms with Gasteiger partial charge in [0.1, 0.15) is 0 Å². The summed E-state index contributed by atoms with van der Waals surface area (Å²) in [4.78, 5) is 16.1. The average Bonchev–Trinajstić information content (AvgIpc) is 3.37. The zero-order valence-electron chi connectivity index (χ0n) is 14.1. The Balaban J connectivity index is 1.62. The lowest BCUT2D eigenvalue weighted by atomic mass is 9.90. The van der Waals surface area contributed by atoms with Crippen molar-refractivity contribution in [2.45, 2.75) is 25.7 Å². The molecule has 4 rings (SSSR count). The number of rotatable bonds is 5. The zero-order chi connectivity index (χ0) is 17.2. The number of H-pyrrole nitrogens is 2. The normalized spacial score (nSPS) is 16.4. The van der Waals surface area contributed by atoms with E-state index in [2.05, 4.69) is 20.5 Å². The van der Waals surface area contributed by atoms with E-state index in [1.54, 1.807) is 6.20 Å². The number of hydrogen-bond donors (Lipinski definition) is 4. The molecule has 130 valence electrons. The van der Waals surface area contributed by atoms with Crippen LogP contribution in [0.5, 0.6) is 0 Å². The van der Waals surface area contributed by atoms with E-state index in [0.29, 0.717) is 12.5 Å². The van der Waals surface area contributed by atoms with Crippen LogP contribution in [-0.4, -0.2) is 27.6 Å². The molecule has 5 N–H and O–H groups in total. The molecule has 1 amide bonds. The second-order valence-electron chi connectivity index (χ2n) is 6.79. The molecule has 1 fully saturated rings. The van der Waals surface area contributed by atoms with Gasteiger partial charge in [0.05, 0.1) is 23.3 Å². The maximum atomic E-state index is 12.8. The van der Waals surface area contributed by atoms with Crippen molar-refractivity contribution in [3.63, 3.8) is 0 Å². The molecule has 2 aromatic heterocycles. The SMILES string of the molecule is NCC(C(=O)Nc1cccc2c(-c3cn[nH]c3)c[nH]c12)C1CCCC1. The summed E-state index contributed by atoms with van der Waals surface area (Å²) in [7, 11) is 0. The molecule has 1 saturated carbocycles. The second-order valence-corrected chi connectivity index (χ2v) is 6.79. The molecule has 0 spiro atoms. The van der Waals surface area contributed by atoms with E-state index >= 15 is 0 Å². The Morgan fingerprint density at radius 1 is 1.32 bits per heavy atom. The molecule has 1 atom stereocenters. The van der Waals surface area contributed by atoms with Crippen molar-refractivity contribution in [1.82, 2.24) is 15.2 Å². The fourth-order valence-electron chi connectivity index (χ4n) is 3.99. The molecule has 0 aliphatic heterocycles. The molecule has 6 nitrogen and oxygen atoms in total. The fraction of sp³-hybridized carbons (Fsp3) is 0.368. The second kappa shape index (κ2) is 6.72. The summed E-state index contributed by atoms with van der Waals surface area (Å²) in [5, 5.41) is 11.0. The Bertz CT molecular complexity index is 861. The number of benzene rings is 1.